The Labute approximate surface area is 209 Å². The summed E-state index contributed by atoms with van der Waals surface area (Å²) in [7, 11) is 0. The SMILES string of the molecule is Cc1noc(-c2ccc3nc(Nc4cc(CN5CCN(C(=O)CC(F)(F)F)[C@H](C)C5)ccn4)[nH]c3c2)n1. The van der Waals surface area contributed by atoms with Crippen molar-refractivity contribution in [3.05, 3.63) is 47.9 Å². The minimum atomic E-state index is -4.50. The number of nitrogens with one attached hydrogen (secondary N) is 2. The number of alkyl halides is 3. The molecule has 4 aromatic rings. The van der Waals surface area contributed by atoms with Crippen molar-refractivity contribution in [2.24, 2.45) is 0 Å². The summed E-state index contributed by atoms with van der Waals surface area (Å²) in [6.45, 7) is 5.34. The summed E-state index contributed by atoms with van der Waals surface area (Å²) in [5.41, 5.74) is 3.30. The fourth-order valence-corrected chi connectivity index (χ4v) is 4.46. The van der Waals surface area contributed by atoms with Crippen molar-refractivity contribution >= 4 is 28.7 Å². The number of hydrogen-bond donors (Lipinski definition) is 2. The Hall–Kier alpha value is -4.00. The number of amides is 1. The van der Waals surface area contributed by atoms with Crippen LogP contribution in [0, 0.1) is 6.92 Å². The van der Waals surface area contributed by atoms with E-state index in [1.54, 1.807) is 20.0 Å². The lowest BCUT2D eigenvalue weighted by molar-refractivity contribution is -0.164. The minimum absolute atomic E-state index is 0.260. The molecule has 0 saturated carbocycles. The molecule has 10 nitrogen and oxygen atoms in total. The number of rotatable bonds is 6. The molecular weight excluding hydrogens is 489 g/mol. The molecule has 1 aromatic carbocycles. The van der Waals surface area contributed by atoms with Crippen LogP contribution in [0.5, 0.6) is 0 Å². The number of benzene rings is 1. The molecule has 1 fully saturated rings. The third-order valence-electron chi connectivity index (χ3n) is 6.12. The van der Waals surface area contributed by atoms with Gasteiger partial charge in [0.05, 0.1) is 11.0 Å². The molecule has 2 N–H and O–H groups in total. The summed E-state index contributed by atoms with van der Waals surface area (Å²) in [6, 6.07) is 9.07. The molecule has 4 heterocycles. The number of aromatic nitrogens is 5. The van der Waals surface area contributed by atoms with Crippen LogP contribution in [0.3, 0.4) is 0 Å². The topological polar surface area (TPSA) is 116 Å². The molecule has 1 aliphatic rings. The third-order valence-corrected chi connectivity index (χ3v) is 6.12. The molecule has 0 bridgehead atoms. The van der Waals surface area contributed by atoms with Crippen LogP contribution in [0.1, 0.15) is 24.7 Å². The van der Waals surface area contributed by atoms with Crippen LogP contribution in [0.2, 0.25) is 0 Å². The summed E-state index contributed by atoms with van der Waals surface area (Å²) < 4.78 is 43.1. The average Bonchev–Trinajstić information content (AvgIpc) is 3.43. The van der Waals surface area contributed by atoms with E-state index >= 15 is 0 Å². The summed E-state index contributed by atoms with van der Waals surface area (Å²) in [5.74, 6) is 1.22. The van der Waals surface area contributed by atoms with E-state index in [0.29, 0.717) is 43.1 Å². The fraction of sp³-hybridized carbons (Fsp3) is 0.375. The predicted molar refractivity (Wildman–Crippen MR) is 129 cm³/mol. The molecule has 3 aromatic heterocycles. The standard InChI is InChI=1S/C24H25F3N8O2/c1-14-12-34(7-8-35(14)21(36)11-24(25,26)27)13-16-5-6-28-20(9-16)32-23-30-18-4-3-17(10-19(18)31-23)22-29-15(2)33-37-22/h3-6,9-10,14H,7-8,11-13H2,1-2H3,(H2,28,30,31,32)/t14-/m1/s1. The molecule has 0 radical (unpaired) electrons. The van der Waals surface area contributed by atoms with Crippen LogP contribution < -0.4 is 5.32 Å². The Kier molecular flexibility index (Phi) is 6.54. The molecular formula is C24H25F3N8O2. The highest BCUT2D eigenvalue weighted by Crippen LogP contribution is 2.25. The number of aryl methyl sites for hydroxylation is 1. The summed E-state index contributed by atoms with van der Waals surface area (Å²) >= 11 is 0. The lowest BCUT2D eigenvalue weighted by Crippen LogP contribution is -2.54. The van der Waals surface area contributed by atoms with Crippen LogP contribution >= 0.6 is 0 Å². The highest BCUT2D eigenvalue weighted by molar-refractivity contribution is 5.82. The highest BCUT2D eigenvalue weighted by atomic mass is 19.4. The zero-order valence-electron chi connectivity index (χ0n) is 20.2. The Morgan fingerprint density at radius 3 is 2.78 bits per heavy atom. The Bertz CT molecular complexity index is 1420. The highest BCUT2D eigenvalue weighted by Gasteiger charge is 2.36. The number of aromatic amines is 1. The van der Waals surface area contributed by atoms with Gasteiger partial charge in [0.2, 0.25) is 11.9 Å². The lowest BCUT2D eigenvalue weighted by atomic mass is 10.1. The maximum atomic E-state index is 12.6. The van der Waals surface area contributed by atoms with Crippen molar-refractivity contribution in [3.8, 4) is 11.5 Å². The van der Waals surface area contributed by atoms with Gasteiger partial charge in [0.25, 0.3) is 5.89 Å². The first kappa shape index (κ1) is 24.7. The zero-order chi connectivity index (χ0) is 26.2. The van der Waals surface area contributed by atoms with Crippen molar-refractivity contribution in [3.63, 3.8) is 0 Å². The summed E-state index contributed by atoms with van der Waals surface area (Å²) in [6.07, 6.45) is -4.23. The maximum Gasteiger partial charge on any atom is 0.397 e. The number of piperazine rings is 1. The second-order valence-corrected chi connectivity index (χ2v) is 9.10. The number of pyridine rings is 1. The van der Waals surface area contributed by atoms with Crippen LogP contribution in [0.15, 0.2) is 41.1 Å². The van der Waals surface area contributed by atoms with Gasteiger partial charge in [0, 0.05) is 44.0 Å². The number of fused-ring (bicyclic) bond motifs is 1. The number of anilines is 2. The van der Waals surface area contributed by atoms with Gasteiger partial charge in [0.15, 0.2) is 5.82 Å². The van der Waals surface area contributed by atoms with Crippen molar-refractivity contribution in [2.75, 3.05) is 25.0 Å². The number of carbonyl (C=O) groups is 1. The molecule has 0 unspecified atom stereocenters. The number of nitrogens with zero attached hydrogens (tertiary/aromatic N) is 6. The molecule has 0 spiro atoms. The van der Waals surface area contributed by atoms with Crippen molar-refractivity contribution in [1.29, 1.82) is 0 Å². The van der Waals surface area contributed by atoms with E-state index in [2.05, 4.69) is 35.3 Å². The first-order valence-corrected chi connectivity index (χ1v) is 11.7. The first-order valence-electron chi connectivity index (χ1n) is 11.7. The van der Waals surface area contributed by atoms with Gasteiger partial charge in [0.1, 0.15) is 12.2 Å². The van der Waals surface area contributed by atoms with E-state index in [0.717, 1.165) is 22.2 Å². The molecule has 5 rings (SSSR count). The monoisotopic (exact) mass is 514 g/mol. The fourth-order valence-electron chi connectivity index (χ4n) is 4.46. The maximum absolute atomic E-state index is 12.6. The third kappa shape index (κ3) is 5.88. The number of hydrogen-bond acceptors (Lipinski definition) is 8. The Morgan fingerprint density at radius 2 is 2.05 bits per heavy atom. The molecule has 1 atom stereocenters. The zero-order valence-corrected chi connectivity index (χ0v) is 20.2. The van der Waals surface area contributed by atoms with E-state index in [-0.39, 0.29) is 12.6 Å². The second kappa shape index (κ2) is 9.81. The molecule has 1 amide bonds. The smallest absolute Gasteiger partial charge is 0.337 e. The molecule has 37 heavy (non-hydrogen) atoms. The number of carbonyl (C=O) groups excluding carboxylic acids is 1. The first-order chi connectivity index (χ1) is 17.6. The van der Waals surface area contributed by atoms with Gasteiger partial charge in [-0.15, -0.1) is 0 Å². The average molecular weight is 515 g/mol. The second-order valence-electron chi connectivity index (χ2n) is 9.10. The summed E-state index contributed by atoms with van der Waals surface area (Å²) in [5, 5.41) is 7.00. The minimum Gasteiger partial charge on any atom is -0.337 e. The van der Waals surface area contributed by atoms with Gasteiger partial charge < -0.3 is 19.7 Å². The normalized spacial score (nSPS) is 16.9. The van der Waals surface area contributed by atoms with Gasteiger partial charge in [-0.3, -0.25) is 9.69 Å². The van der Waals surface area contributed by atoms with Gasteiger partial charge in [-0.1, -0.05) is 5.16 Å². The van der Waals surface area contributed by atoms with Crippen LogP contribution in [0.25, 0.3) is 22.5 Å². The quantitative estimate of drug-likeness (QED) is 0.396. The van der Waals surface area contributed by atoms with Crippen molar-refractivity contribution in [2.45, 2.75) is 39.0 Å². The van der Waals surface area contributed by atoms with E-state index in [1.165, 1.54) is 4.90 Å². The van der Waals surface area contributed by atoms with Crippen LogP contribution in [-0.4, -0.2) is 72.7 Å². The largest absolute Gasteiger partial charge is 0.397 e. The number of H-pyrrole nitrogens is 1. The van der Waals surface area contributed by atoms with E-state index in [9.17, 15) is 18.0 Å². The van der Waals surface area contributed by atoms with Gasteiger partial charge in [-0.2, -0.15) is 18.2 Å². The van der Waals surface area contributed by atoms with E-state index in [1.807, 2.05) is 30.3 Å². The van der Waals surface area contributed by atoms with Crippen molar-refractivity contribution in [1.82, 2.24) is 34.9 Å². The molecule has 1 aliphatic heterocycles. The van der Waals surface area contributed by atoms with Gasteiger partial charge in [-0.25, -0.2) is 9.97 Å². The molecule has 194 valence electrons. The predicted octanol–water partition coefficient (Wildman–Crippen LogP) is 4.05. The van der Waals surface area contributed by atoms with Crippen LogP contribution in [0.4, 0.5) is 24.9 Å². The lowest BCUT2D eigenvalue weighted by Gasteiger charge is -2.40. The van der Waals surface area contributed by atoms with Crippen molar-refractivity contribution < 1.29 is 22.5 Å². The Morgan fingerprint density at radius 1 is 1.22 bits per heavy atom. The summed E-state index contributed by atoms with van der Waals surface area (Å²) in [4.78, 5) is 31.8. The molecule has 0 aliphatic carbocycles. The number of imidazole rings is 1. The van der Waals surface area contributed by atoms with E-state index < -0.39 is 18.5 Å². The number of halogens is 3. The Balaban J connectivity index is 1.22. The van der Waals surface area contributed by atoms with Gasteiger partial charge in [-0.05, 0) is 49.7 Å². The molecule has 1 saturated heterocycles. The molecule has 13 heteroatoms. The van der Waals surface area contributed by atoms with Crippen LogP contribution in [-0.2, 0) is 11.3 Å². The van der Waals surface area contributed by atoms with E-state index in [4.69, 9.17) is 4.52 Å². The van der Waals surface area contributed by atoms with Gasteiger partial charge >= 0.3 is 6.18 Å².